The summed E-state index contributed by atoms with van der Waals surface area (Å²) in [6.45, 7) is 9.39. The van der Waals surface area contributed by atoms with Gasteiger partial charge in [-0.25, -0.2) is 0 Å². The second-order valence-electron chi connectivity index (χ2n) is 5.90. The first-order chi connectivity index (χ1) is 6.58. The quantitative estimate of drug-likeness (QED) is 0.481. The summed E-state index contributed by atoms with van der Waals surface area (Å²) in [5.41, 5.74) is 0. The Bertz CT molecular complexity index is 135. The zero-order valence-electron chi connectivity index (χ0n) is 11.4. The second-order valence-corrected chi connectivity index (χ2v) is 5.90. The maximum atomic E-state index is 2.67. The first kappa shape index (κ1) is 15.6. The van der Waals surface area contributed by atoms with Crippen LogP contribution < -0.4 is 18.9 Å². The molecule has 1 aliphatic carbocycles. The van der Waals surface area contributed by atoms with Crippen molar-refractivity contribution in [3.8, 4) is 0 Å². The van der Waals surface area contributed by atoms with Crippen molar-refractivity contribution in [1.82, 2.24) is 0 Å². The summed E-state index contributed by atoms with van der Waals surface area (Å²) >= 11 is 0. The van der Waals surface area contributed by atoms with E-state index < -0.39 is 0 Å². The van der Waals surface area contributed by atoms with E-state index in [1.54, 1.807) is 0 Å². The van der Waals surface area contributed by atoms with Crippen molar-refractivity contribution in [1.29, 1.82) is 0 Å². The van der Waals surface area contributed by atoms with E-state index in [9.17, 15) is 0 Å². The van der Waals surface area contributed by atoms with Gasteiger partial charge in [0.05, 0.1) is 0 Å². The van der Waals surface area contributed by atoms with Crippen LogP contribution in [0.25, 0.3) is 0 Å². The van der Waals surface area contributed by atoms with Crippen molar-refractivity contribution >= 4 is 0 Å². The van der Waals surface area contributed by atoms with Gasteiger partial charge in [-0.05, 0) is 11.8 Å². The summed E-state index contributed by atoms with van der Waals surface area (Å²) in [4.78, 5) is 0. The Morgan fingerprint density at radius 1 is 0.933 bits per heavy atom. The molecule has 2 unspecified atom stereocenters. The molecule has 0 aromatic carbocycles. The number of hydrogen-bond donors (Lipinski definition) is 0. The van der Waals surface area contributed by atoms with E-state index in [0.717, 1.165) is 23.7 Å². The molecule has 1 aliphatic rings. The van der Waals surface area contributed by atoms with Crippen LogP contribution in [0.3, 0.4) is 0 Å². The normalized spacial score (nSPS) is 26.8. The van der Waals surface area contributed by atoms with Gasteiger partial charge in [0.2, 0.25) is 0 Å². The Hall–Kier alpha value is 0.597. The molecule has 0 spiro atoms. The fourth-order valence-electron chi connectivity index (χ4n) is 2.82. The third-order valence-corrected chi connectivity index (χ3v) is 3.24. The Labute approximate surface area is 109 Å². The van der Waals surface area contributed by atoms with Crippen LogP contribution in [-0.2, 0) is 0 Å². The van der Waals surface area contributed by atoms with E-state index >= 15 is 0 Å². The predicted molar refractivity (Wildman–Crippen MR) is 64.0 cm³/mol. The topological polar surface area (TPSA) is 0 Å². The van der Waals surface area contributed by atoms with Crippen molar-refractivity contribution in [2.24, 2.45) is 23.7 Å². The van der Waals surface area contributed by atoms with Crippen LogP contribution >= 0.6 is 0 Å². The van der Waals surface area contributed by atoms with Crippen molar-refractivity contribution in [3.63, 3.8) is 0 Å². The van der Waals surface area contributed by atoms with Gasteiger partial charge in [0.1, 0.15) is 0 Å². The molecule has 0 heterocycles. The average molecular weight is 202 g/mol. The van der Waals surface area contributed by atoms with E-state index in [1.807, 2.05) is 0 Å². The zero-order chi connectivity index (χ0) is 10.6. The average Bonchev–Trinajstić information content (AvgIpc) is 2.01. The molecule has 0 amide bonds. The monoisotopic (exact) mass is 202 g/mol. The fourth-order valence-corrected chi connectivity index (χ4v) is 2.82. The Morgan fingerprint density at radius 2 is 1.33 bits per heavy atom. The molecule has 0 nitrogen and oxygen atoms in total. The minimum Gasteiger partial charge on any atom is -0.322 e. The van der Waals surface area contributed by atoms with E-state index in [4.69, 9.17) is 0 Å². The molecule has 1 heteroatoms. The van der Waals surface area contributed by atoms with Crippen LogP contribution in [0.2, 0.25) is 0 Å². The molecule has 0 saturated heterocycles. The molecule has 0 aromatic rings. The first-order valence-electron chi connectivity index (χ1n) is 6.43. The summed E-state index contributed by atoms with van der Waals surface area (Å²) in [6.07, 6.45) is 9.86. The summed E-state index contributed by atoms with van der Waals surface area (Å²) in [5.74, 6) is 3.59. The molecule has 84 valence electrons. The molecule has 0 aromatic heterocycles. The molecule has 1 fully saturated rings. The molecule has 1 rings (SSSR count). The van der Waals surface area contributed by atoms with Crippen LogP contribution in [0, 0.1) is 30.1 Å². The van der Waals surface area contributed by atoms with Gasteiger partial charge in [0, 0.05) is 0 Å². The molecule has 15 heavy (non-hydrogen) atoms. The van der Waals surface area contributed by atoms with Gasteiger partial charge < -0.3 is 6.42 Å². The second kappa shape index (κ2) is 7.80. The van der Waals surface area contributed by atoms with E-state index in [0.29, 0.717) is 0 Å². The van der Waals surface area contributed by atoms with Crippen LogP contribution in [0.5, 0.6) is 0 Å². The molecule has 1 saturated carbocycles. The number of hydrogen-bond acceptors (Lipinski definition) is 0. The van der Waals surface area contributed by atoms with Crippen LogP contribution in [0.1, 0.15) is 59.8 Å². The van der Waals surface area contributed by atoms with Gasteiger partial charge in [0.25, 0.3) is 0 Å². The molecule has 0 aliphatic heterocycles. The third kappa shape index (κ3) is 6.70. The molecule has 2 atom stereocenters. The van der Waals surface area contributed by atoms with Gasteiger partial charge in [-0.1, -0.05) is 59.8 Å². The summed E-state index contributed by atoms with van der Waals surface area (Å²) in [6, 6.07) is 0. The van der Waals surface area contributed by atoms with E-state index in [1.165, 1.54) is 32.1 Å². The number of rotatable bonds is 4. The predicted octanol–water partition coefficient (Wildman–Crippen LogP) is 1.70. The van der Waals surface area contributed by atoms with E-state index in [2.05, 4.69) is 34.1 Å². The van der Waals surface area contributed by atoms with Gasteiger partial charge in [-0.3, -0.25) is 0 Å². The van der Waals surface area contributed by atoms with Gasteiger partial charge in [0.15, 0.2) is 0 Å². The molecule has 0 radical (unpaired) electrons. The largest absolute Gasteiger partial charge is 1.00 e. The van der Waals surface area contributed by atoms with Crippen LogP contribution in [0.15, 0.2) is 0 Å². The Balaban J connectivity index is 0.00000196. The van der Waals surface area contributed by atoms with E-state index in [-0.39, 0.29) is 18.9 Å². The Morgan fingerprint density at radius 3 is 1.67 bits per heavy atom. The van der Waals surface area contributed by atoms with Crippen molar-refractivity contribution in [2.75, 3.05) is 0 Å². The minimum absolute atomic E-state index is 0. The maximum absolute atomic E-state index is 2.67. The smallest absolute Gasteiger partial charge is 0.322 e. The fraction of sp³-hybridized carbons (Fsp3) is 0.929. The van der Waals surface area contributed by atoms with Crippen molar-refractivity contribution in [2.45, 2.75) is 59.8 Å². The third-order valence-electron chi connectivity index (χ3n) is 3.24. The molecule has 0 bridgehead atoms. The van der Waals surface area contributed by atoms with Crippen LogP contribution in [-0.4, -0.2) is 0 Å². The SMILES string of the molecule is CC(C)CC1[CH-]C(CC(C)C)CCC1.[Li+]. The van der Waals surface area contributed by atoms with Gasteiger partial charge in [-0.2, -0.15) is 11.8 Å². The first-order valence-corrected chi connectivity index (χ1v) is 6.43. The summed E-state index contributed by atoms with van der Waals surface area (Å²) in [5, 5.41) is 0. The summed E-state index contributed by atoms with van der Waals surface area (Å²) < 4.78 is 0. The zero-order valence-corrected chi connectivity index (χ0v) is 11.4. The molecular weight excluding hydrogens is 175 g/mol. The minimum atomic E-state index is 0. The van der Waals surface area contributed by atoms with Gasteiger partial charge >= 0.3 is 18.9 Å². The standard InChI is InChI=1S/C14H27.Li/c1-11(2)8-13-6-5-7-14(10-13)9-12(3)4;/h10-14H,5-9H2,1-4H3;/q-1;+1. The van der Waals surface area contributed by atoms with Gasteiger partial charge in [-0.15, -0.1) is 0 Å². The Kier molecular flexibility index (Phi) is 8.11. The maximum Gasteiger partial charge on any atom is 1.00 e. The molecular formula is C14H27Li. The van der Waals surface area contributed by atoms with Crippen molar-refractivity contribution in [3.05, 3.63) is 6.42 Å². The summed E-state index contributed by atoms with van der Waals surface area (Å²) in [7, 11) is 0. The molecule has 0 N–H and O–H groups in total. The van der Waals surface area contributed by atoms with Crippen molar-refractivity contribution < 1.29 is 18.9 Å². The van der Waals surface area contributed by atoms with Crippen LogP contribution in [0.4, 0.5) is 0 Å².